The highest BCUT2D eigenvalue weighted by molar-refractivity contribution is 5.84. The van der Waals surface area contributed by atoms with Gasteiger partial charge in [0.15, 0.2) is 0 Å². The first-order valence-electron chi connectivity index (χ1n) is 11.1. The van der Waals surface area contributed by atoms with Crippen LogP contribution in [0.25, 0.3) is 22.2 Å². The van der Waals surface area contributed by atoms with Gasteiger partial charge in [-0.05, 0) is 55.7 Å². The second-order valence-corrected chi connectivity index (χ2v) is 9.00. The van der Waals surface area contributed by atoms with Crippen LogP contribution in [0.5, 0.6) is 0 Å². The van der Waals surface area contributed by atoms with Crippen LogP contribution in [0.15, 0.2) is 41.3 Å². The molecule has 3 unspecified atom stereocenters. The van der Waals surface area contributed by atoms with Crippen molar-refractivity contribution in [3.63, 3.8) is 0 Å². The fourth-order valence-electron chi connectivity index (χ4n) is 5.18. The molecule has 5 rings (SSSR count). The van der Waals surface area contributed by atoms with Gasteiger partial charge < -0.3 is 5.11 Å². The van der Waals surface area contributed by atoms with Gasteiger partial charge in [0.25, 0.3) is 5.56 Å². The molecule has 2 N–H and O–H groups in total. The van der Waals surface area contributed by atoms with Crippen LogP contribution in [-0.2, 0) is 4.79 Å². The lowest BCUT2D eigenvalue weighted by molar-refractivity contribution is -0.140. The number of carboxylic acids is 1. The van der Waals surface area contributed by atoms with Gasteiger partial charge in [-0.2, -0.15) is 4.98 Å². The van der Waals surface area contributed by atoms with Crippen LogP contribution < -0.4 is 11.0 Å². The average Bonchev–Trinajstić information content (AvgIpc) is 3.35. The van der Waals surface area contributed by atoms with E-state index in [9.17, 15) is 14.7 Å². The number of fused-ring (bicyclic) bond motifs is 2. The van der Waals surface area contributed by atoms with Gasteiger partial charge in [0.2, 0.25) is 5.95 Å². The molecule has 8 nitrogen and oxygen atoms in total. The third-order valence-electron chi connectivity index (χ3n) is 6.94. The molecule has 32 heavy (non-hydrogen) atoms. The standard InChI is InChI=1S/C24H27N5O3/c1-14-6-3-4-9-19(14)20-10-18-11-25-24(27-28-12-16-7-5-8-17(16)13-28)26-21(18)29(22(20)30)15(2)23(31)32/h3-4,6,9-11,15-17H,5,7-8,12-13H2,1-2H3,(H,31,32)(H,25,26,27). The lowest BCUT2D eigenvalue weighted by Crippen LogP contribution is -2.31. The number of benzene rings is 1. The number of pyridine rings is 1. The summed E-state index contributed by atoms with van der Waals surface area (Å²) in [5, 5.41) is 12.5. The Kier molecular flexibility index (Phi) is 5.17. The monoisotopic (exact) mass is 433 g/mol. The summed E-state index contributed by atoms with van der Waals surface area (Å²) in [7, 11) is 0. The third-order valence-corrected chi connectivity index (χ3v) is 6.94. The molecular weight excluding hydrogens is 406 g/mol. The number of hydrazine groups is 1. The highest BCUT2D eigenvalue weighted by atomic mass is 16.4. The van der Waals surface area contributed by atoms with E-state index in [1.807, 2.05) is 31.2 Å². The van der Waals surface area contributed by atoms with Gasteiger partial charge in [-0.3, -0.25) is 14.8 Å². The zero-order chi connectivity index (χ0) is 22.4. The lowest BCUT2D eigenvalue weighted by atomic mass is 10.0. The molecular formula is C24H27N5O3. The zero-order valence-electron chi connectivity index (χ0n) is 18.3. The highest BCUT2D eigenvalue weighted by Gasteiger charge is 2.36. The number of nitrogens with one attached hydrogen (secondary N) is 1. The molecule has 0 bridgehead atoms. The first kappa shape index (κ1) is 20.6. The summed E-state index contributed by atoms with van der Waals surface area (Å²) in [6.45, 7) is 5.34. The van der Waals surface area contributed by atoms with Gasteiger partial charge in [-0.15, -0.1) is 0 Å². The fourth-order valence-corrected chi connectivity index (χ4v) is 5.18. The predicted molar refractivity (Wildman–Crippen MR) is 122 cm³/mol. The van der Waals surface area contributed by atoms with Crippen molar-refractivity contribution < 1.29 is 9.90 Å². The van der Waals surface area contributed by atoms with E-state index in [-0.39, 0.29) is 5.56 Å². The van der Waals surface area contributed by atoms with Gasteiger partial charge in [0.1, 0.15) is 11.7 Å². The number of nitrogens with zero attached hydrogens (tertiary/aromatic N) is 4. The van der Waals surface area contributed by atoms with Crippen molar-refractivity contribution in [3.05, 3.63) is 52.4 Å². The summed E-state index contributed by atoms with van der Waals surface area (Å²) in [5.74, 6) is 0.720. The van der Waals surface area contributed by atoms with Crippen molar-refractivity contribution in [1.82, 2.24) is 19.5 Å². The van der Waals surface area contributed by atoms with Crippen molar-refractivity contribution in [1.29, 1.82) is 0 Å². The van der Waals surface area contributed by atoms with Crippen LogP contribution in [0.1, 0.15) is 37.8 Å². The zero-order valence-corrected chi connectivity index (χ0v) is 18.3. The number of carbonyl (C=O) groups is 1. The molecule has 2 aliphatic rings. The molecule has 1 saturated heterocycles. The van der Waals surface area contributed by atoms with Crippen molar-refractivity contribution in [3.8, 4) is 11.1 Å². The number of rotatable bonds is 5. The smallest absolute Gasteiger partial charge is 0.326 e. The average molecular weight is 434 g/mol. The summed E-state index contributed by atoms with van der Waals surface area (Å²) >= 11 is 0. The normalized spacial score (nSPS) is 21.6. The highest BCUT2D eigenvalue weighted by Crippen LogP contribution is 2.37. The number of aliphatic carboxylic acids is 1. The molecule has 1 saturated carbocycles. The maximum absolute atomic E-state index is 13.5. The van der Waals surface area contributed by atoms with E-state index >= 15 is 0 Å². The minimum atomic E-state index is -1.09. The maximum atomic E-state index is 13.5. The van der Waals surface area contributed by atoms with E-state index in [2.05, 4.69) is 20.4 Å². The van der Waals surface area contributed by atoms with Gasteiger partial charge in [-0.25, -0.2) is 14.8 Å². The van der Waals surface area contributed by atoms with Crippen molar-refractivity contribution in [2.24, 2.45) is 11.8 Å². The predicted octanol–water partition coefficient (Wildman–Crippen LogP) is 3.47. The Morgan fingerprint density at radius 1 is 1.19 bits per heavy atom. The van der Waals surface area contributed by atoms with Crippen molar-refractivity contribution >= 4 is 23.0 Å². The number of hydrogen-bond donors (Lipinski definition) is 2. The van der Waals surface area contributed by atoms with Crippen LogP contribution in [0.2, 0.25) is 0 Å². The number of hydrogen-bond acceptors (Lipinski definition) is 6. The molecule has 8 heteroatoms. The second-order valence-electron chi connectivity index (χ2n) is 9.00. The molecule has 0 amide bonds. The van der Waals surface area contributed by atoms with Gasteiger partial charge >= 0.3 is 5.97 Å². The Labute approximate surface area is 185 Å². The first-order chi connectivity index (χ1) is 15.4. The van der Waals surface area contributed by atoms with E-state index < -0.39 is 12.0 Å². The van der Waals surface area contributed by atoms with Gasteiger partial charge in [-0.1, -0.05) is 30.7 Å². The van der Waals surface area contributed by atoms with E-state index in [1.165, 1.54) is 30.8 Å². The Balaban J connectivity index is 1.59. The topological polar surface area (TPSA) is 100 Å². The number of aromatic nitrogens is 3. The molecule has 3 aromatic rings. The molecule has 0 spiro atoms. The summed E-state index contributed by atoms with van der Waals surface area (Å²) < 4.78 is 1.27. The molecule has 2 aromatic heterocycles. The Bertz CT molecular complexity index is 1240. The Hall–Kier alpha value is -3.26. The number of aryl methyl sites for hydroxylation is 1. The third kappa shape index (κ3) is 3.54. The molecule has 3 atom stereocenters. The van der Waals surface area contributed by atoms with Crippen LogP contribution in [0, 0.1) is 18.8 Å². The van der Waals surface area contributed by atoms with Gasteiger partial charge in [0.05, 0.1) is 0 Å². The molecule has 166 valence electrons. The summed E-state index contributed by atoms with van der Waals surface area (Å²) in [6.07, 6.45) is 5.49. The van der Waals surface area contributed by atoms with Crippen LogP contribution >= 0.6 is 0 Å². The molecule has 1 aromatic carbocycles. The summed E-state index contributed by atoms with van der Waals surface area (Å²) in [6, 6.07) is 8.27. The van der Waals surface area contributed by atoms with Crippen molar-refractivity contribution in [2.75, 3.05) is 18.5 Å². The Morgan fingerprint density at radius 2 is 1.91 bits per heavy atom. The van der Waals surface area contributed by atoms with Crippen LogP contribution in [0.4, 0.5) is 5.95 Å². The minimum absolute atomic E-state index is 0.319. The van der Waals surface area contributed by atoms with Crippen LogP contribution in [-0.4, -0.2) is 43.7 Å². The van der Waals surface area contributed by atoms with Gasteiger partial charge in [0, 0.05) is 30.2 Å². The maximum Gasteiger partial charge on any atom is 0.326 e. The summed E-state index contributed by atoms with van der Waals surface area (Å²) in [5.41, 5.74) is 5.39. The molecule has 0 radical (unpaired) electrons. The van der Waals surface area contributed by atoms with E-state index in [4.69, 9.17) is 0 Å². The molecule has 2 fully saturated rings. The van der Waals surface area contributed by atoms with E-state index in [0.717, 1.165) is 24.2 Å². The van der Waals surface area contributed by atoms with Crippen molar-refractivity contribution in [2.45, 2.75) is 39.2 Å². The minimum Gasteiger partial charge on any atom is -0.480 e. The first-order valence-corrected chi connectivity index (χ1v) is 11.1. The molecule has 1 aliphatic heterocycles. The molecule has 1 aliphatic carbocycles. The van der Waals surface area contributed by atoms with E-state index in [1.54, 1.807) is 12.3 Å². The fraction of sp³-hybridized carbons (Fsp3) is 0.417. The summed E-state index contributed by atoms with van der Waals surface area (Å²) in [4.78, 5) is 34.4. The lowest BCUT2D eigenvalue weighted by Gasteiger charge is -2.20. The largest absolute Gasteiger partial charge is 0.480 e. The van der Waals surface area contributed by atoms with E-state index in [0.29, 0.717) is 34.4 Å². The quantitative estimate of drug-likeness (QED) is 0.635. The Morgan fingerprint density at radius 3 is 2.59 bits per heavy atom. The molecule has 3 heterocycles. The SMILES string of the molecule is Cc1ccccc1-c1cc2cnc(NN3CC4CCCC4C3)nc2n(C(C)C(=O)O)c1=O. The number of carboxylic acid groups (broad SMARTS) is 1. The number of anilines is 1. The second kappa shape index (κ2) is 8.02. The van der Waals surface area contributed by atoms with Crippen LogP contribution in [0.3, 0.4) is 0 Å².